The molecule has 0 saturated carbocycles. The van der Waals surface area contributed by atoms with Gasteiger partial charge in [-0.3, -0.25) is 0 Å². The van der Waals surface area contributed by atoms with E-state index in [1.54, 1.807) is 23.5 Å². The maximum atomic E-state index is 10.2. The lowest BCUT2D eigenvalue weighted by Gasteiger charge is -2.28. The largest absolute Gasteiger partial charge is 0.391 e. The van der Waals surface area contributed by atoms with Crippen molar-refractivity contribution < 1.29 is 14.9 Å². The van der Waals surface area contributed by atoms with Crippen LogP contribution in [0.2, 0.25) is 0 Å². The standard InChI is InChI=1S/C24H32O3S5/c25-19(14-29-21-7-3-1-4-8-21)11-27-12-23-17-32-24(18-31-23)16-28-13-20(26)15-30-22-9-5-2-6-10-22/h1-10,19-20,23-26H,11-18H2. The van der Waals surface area contributed by atoms with Crippen LogP contribution in [0.4, 0.5) is 0 Å². The summed E-state index contributed by atoms with van der Waals surface area (Å²) in [7, 11) is 0. The quantitative estimate of drug-likeness (QED) is 0.322. The third kappa shape index (κ3) is 11.0. The summed E-state index contributed by atoms with van der Waals surface area (Å²) in [6.45, 7) is 1.11. The summed E-state index contributed by atoms with van der Waals surface area (Å²) in [5.41, 5.74) is 0. The lowest BCUT2D eigenvalue weighted by molar-refractivity contribution is 0.0507. The number of thioether (sulfide) groups is 5. The highest BCUT2D eigenvalue weighted by molar-refractivity contribution is 8.08. The summed E-state index contributed by atoms with van der Waals surface area (Å²) in [5.74, 6) is 5.52. The van der Waals surface area contributed by atoms with Crippen molar-refractivity contribution in [1.82, 2.24) is 0 Å². The van der Waals surface area contributed by atoms with Crippen LogP contribution >= 0.6 is 58.8 Å². The van der Waals surface area contributed by atoms with Crippen molar-refractivity contribution in [2.75, 3.05) is 47.7 Å². The number of ether oxygens (including phenoxy) is 1. The Bertz CT molecular complexity index is 665. The summed E-state index contributed by atoms with van der Waals surface area (Å²) in [6, 6.07) is 20.4. The number of hydrogen-bond acceptors (Lipinski definition) is 8. The molecule has 0 amide bonds. The van der Waals surface area contributed by atoms with E-state index in [0.29, 0.717) is 29.5 Å². The van der Waals surface area contributed by atoms with Crippen molar-refractivity contribution in [2.45, 2.75) is 32.5 Å². The van der Waals surface area contributed by atoms with Crippen LogP contribution in [0.1, 0.15) is 0 Å². The number of aliphatic hydroxyl groups is 2. The van der Waals surface area contributed by atoms with Crippen molar-refractivity contribution in [3.8, 4) is 0 Å². The molecule has 0 aliphatic carbocycles. The zero-order valence-electron chi connectivity index (χ0n) is 18.1. The zero-order valence-corrected chi connectivity index (χ0v) is 22.2. The Labute approximate surface area is 213 Å². The Hall–Kier alpha value is 0.0700. The predicted molar refractivity (Wildman–Crippen MR) is 147 cm³/mol. The van der Waals surface area contributed by atoms with Gasteiger partial charge in [0.05, 0.1) is 25.4 Å². The molecular weight excluding hydrogens is 497 g/mol. The van der Waals surface area contributed by atoms with Gasteiger partial charge in [0, 0.05) is 54.8 Å². The topological polar surface area (TPSA) is 49.7 Å². The molecule has 1 fully saturated rings. The normalized spacial score (nSPS) is 20.7. The van der Waals surface area contributed by atoms with Gasteiger partial charge in [-0.05, 0) is 24.3 Å². The van der Waals surface area contributed by atoms with E-state index >= 15 is 0 Å². The van der Waals surface area contributed by atoms with E-state index in [9.17, 15) is 10.2 Å². The minimum absolute atomic E-state index is 0.265. The molecule has 0 spiro atoms. The second-order valence-electron chi connectivity index (χ2n) is 7.54. The van der Waals surface area contributed by atoms with Crippen LogP contribution in [0.15, 0.2) is 70.5 Å². The van der Waals surface area contributed by atoms with E-state index in [1.807, 2.05) is 71.7 Å². The van der Waals surface area contributed by atoms with Crippen LogP contribution in [0.25, 0.3) is 0 Å². The van der Waals surface area contributed by atoms with Gasteiger partial charge in [0.15, 0.2) is 0 Å². The van der Waals surface area contributed by atoms with Gasteiger partial charge in [-0.2, -0.15) is 35.3 Å². The summed E-state index contributed by atoms with van der Waals surface area (Å²) >= 11 is 9.26. The molecule has 2 aromatic rings. The lowest BCUT2D eigenvalue weighted by Crippen LogP contribution is -2.28. The molecule has 0 bridgehead atoms. The number of aliphatic hydroxyl groups excluding tert-OH is 2. The average Bonchev–Trinajstić information content (AvgIpc) is 2.84. The highest BCUT2D eigenvalue weighted by Gasteiger charge is 2.23. The highest BCUT2D eigenvalue weighted by Crippen LogP contribution is 2.32. The molecule has 1 heterocycles. The fourth-order valence-electron chi connectivity index (χ4n) is 2.96. The van der Waals surface area contributed by atoms with Crippen LogP contribution in [0, 0.1) is 0 Å². The lowest BCUT2D eigenvalue weighted by atomic mass is 10.4. The molecule has 176 valence electrons. The third-order valence-corrected chi connectivity index (χ3v) is 11.6. The van der Waals surface area contributed by atoms with E-state index in [4.69, 9.17) is 4.74 Å². The maximum Gasteiger partial charge on any atom is 0.0867 e. The van der Waals surface area contributed by atoms with Crippen molar-refractivity contribution in [1.29, 1.82) is 0 Å². The molecule has 3 rings (SSSR count). The van der Waals surface area contributed by atoms with E-state index in [2.05, 4.69) is 24.3 Å². The van der Waals surface area contributed by atoms with Gasteiger partial charge >= 0.3 is 0 Å². The van der Waals surface area contributed by atoms with Crippen LogP contribution < -0.4 is 0 Å². The number of hydrogen-bond donors (Lipinski definition) is 2. The maximum absolute atomic E-state index is 10.2. The monoisotopic (exact) mass is 528 g/mol. The summed E-state index contributed by atoms with van der Waals surface area (Å²) in [4.78, 5) is 2.39. The minimum Gasteiger partial charge on any atom is -0.391 e. The van der Waals surface area contributed by atoms with E-state index < -0.39 is 6.10 Å². The second kappa shape index (κ2) is 15.9. The van der Waals surface area contributed by atoms with Crippen LogP contribution in [-0.4, -0.2) is 80.7 Å². The first-order valence-corrected chi connectivity index (χ1v) is 16.0. The first kappa shape index (κ1) is 26.7. The summed E-state index contributed by atoms with van der Waals surface area (Å²) < 4.78 is 5.80. The molecule has 2 N–H and O–H groups in total. The van der Waals surface area contributed by atoms with Gasteiger partial charge in [-0.1, -0.05) is 36.4 Å². The first-order valence-electron chi connectivity index (χ1n) is 10.8. The first-order chi connectivity index (χ1) is 15.7. The molecule has 0 aromatic heterocycles. The van der Waals surface area contributed by atoms with Gasteiger partial charge in [0.1, 0.15) is 0 Å². The molecule has 8 heteroatoms. The van der Waals surface area contributed by atoms with Gasteiger partial charge in [0.25, 0.3) is 0 Å². The Morgan fingerprint density at radius 2 is 1.34 bits per heavy atom. The van der Waals surface area contributed by atoms with Gasteiger partial charge in [-0.15, -0.1) is 23.5 Å². The Kier molecular flexibility index (Phi) is 13.2. The Balaban J connectivity index is 1.18. The number of benzene rings is 2. The smallest absolute Gasteiger partial charge is 0.0867 e. The van der Waals surface area contributed by atoms with Gasteiger partial charge < -0.3 is 14.9 Å². The minimum atomic E-state index is -0.433. The Morgan fingerprint density at radius 3 is 1.94 bits per heavy atom. The molecule has 2 aromatic carbocycles. The van der Waals surface area contributed by atoms with Crippen molar-refractivity contribution in [2.24, 2.45) is 0 Å². The highest BCUT2D eigenvalue weighted by atomic mass is 32.2. The van der Waals surface area contributed by atoms with Gasteiger partial charge in [0.2, 0.25) is 0 Å². The molecule has 4 unspecified atom stereocenters. The molecular formula is C24H32O3S5. The molecule has 1 aliphatic rings. The second-order valence-corrected chi connectivity index (χ2v) is 13.5. The summed E-state index contributed by atoms with van der Waals surface area (Å²) in [5, 5.41) is 21.5. The molecule has 32 heavy (non-hydrogen) atoms. The van der Waals surface area contributed by atoms with Crippen molar-refractivity contribution in [3.05, 3.63) is 60.7 Å². The Morgan fingerprint density at radius 1 is 0.781 bits per heavy atom. The molecule has 3 nitrogen and oxygen atoms in total. The van der Waals surface area contributed by atoms with E-state index in [0.717, 1.165) is 28.8 Å². The SMILES string of the molecule is OC(COCC1CSC(CSCC(O)CSc2ccccc2)CS1)CSc1ccccc1. The molecule has 4 atom stereocenters. The van der Waals surface area contributed by atoms with Crippen molar-refractivity contribution >= 4 is 58.8 Å². The van der Waals surface area contributed by atoms with Crippen molar-refractivity contribution in [3.63, 3.8) is 0 Å². The fraction of sp³-hybridized carbons (Fsp3) is 0.500. The fourth-order valence-corrected chi connectivity index (χ4v) is 9.14. The average molecular weight is 529 g/mol. The third-order valence-electron chi connectivity index (χ3n) is 4.63. The summed E-state index contributed by atoms with van der Waals surface area (Å²) in [6.07, 6.45) is -0.698. The molecule has 1 saturated heterocycles. The van der Waals surface area contributed by atoms with Crippen LogP contribution in [0.5, 0.6) is 0 Å². The number of rotatable bonds is 14. The zero-order chi connectivity index (χ0) is 22.4. The van der Waals surface area contributed by atoms with Gasteiger partial charge in [-0.25, -0.2) is 0 Å². The molecule has 0 radical (unpaired) electrons. The van der Waals surface area contributed by atoms with Crippen LogP contribution in [-0.2, 0) is 4.74 Å². The predicted octanol–water partition coefficient (Wildman–Crippen LogP) is 5.26. The van der Waals surface area contributed by atoms with Crippen LogP contribution in [0.3, 0.4) is 0 Å². The van der Waals surface area contributed by atoms with E-state index in [-0.39, 0.29) is 6.10 Å². The molecule has 1 aliphatic heterocycles. The van der Waals surface area contributed by atoms with E-state index in [1.165, 1.54) is 9.79 Å².